The minimum atomic E-state index is -0.384. The number of aliphatic hydroxyl groups excluding tert-OH is 1. The van der Waals surface area contributed by atoms with Gasteiger partial charge in [-0.2, -0.15) is 0 Å². The van der Waals surface area contributed by atoms with Crippen LogP contribution < -0.4 is 0 Å². The Hall–Kier alpha value is -1.36. The van der Waals surface area contributed by atoms with Crippen LogP contribution in [0.2, 0.25) is 5.02 Å². The summed E-state index contributed by atoms with van der Waals surface area (Å²) >= 11 is 6.16. The van der Waals surface area contributed by atoms with E-state index in [1.807, 2.05) is 24.3 Å². The molecular formula is C16H21ClN2O2. The number of rotatable bonds is 6. The molecule has 5 heteroatoms. The van der Waals surface area contributed by atoms with E-state index in [-0.39, 0.29) is 6.10 Å². The van der Waals surface area contributed by atoms with E-state index < -0.39 is 0 Å². The van der Waals surface area contributed by atoms with Crippen LogP contribution in [0.4, 0.5) is 0 Å². The molecule has 0 saturated heterocycles. The lowest BCUT2D eigenvalue weighted by Gasteiger charge is -2.26. The van der Waals surface area contributed by atoms with Gasteiger partial charge in [0.2, 0.25) is 5.89 Å². The smallest absolute Gasteiger partial charge is 0.209 e. The molecule has 21 heavy (non-hydrogen) atoms. The molecule has 114 valence electrons. The molecule has 1 heterocycles. The zero-order chi connectivity index (χ0) is 15.4. The number of nitrogens with zero attached hydrogens (tertiary/aromatic N) is 2. The van der Waals surface area contributed by atoms with Crippen molar-refractivity contribution in [3.63, 3.8) is 0 Å². The molecule has 1 N–H and O–H groups in total. The Bertz CT molecular complexity index is 581. The minimum Gasteiger partial charge on any atom is -0.439 e. The van der Waals surface area contributed by atoms with Gasteiger partial charge in [-0.1, -0.05) is 23.7 Å². The van der Waals surface area contributed by atoms with Crippen molar-refractivity contribution in [3.8, 4) is 11.3 Å². The Kier molecular flexibility index (Phi) is 5.39. The first-order chi connectivity index (χ1) is 9.97. The van der Waals surface area contributed by atoms with Crippen LogP contribution in [0.15, 0.2) is 34.9 Å². The van der Waals surface area contributed by atoms with Crippen molar-refractivity contribution in [1.29, 1.82) is 0 Å². The molecule has 1 aromatic heterocycles. The van der Waals surface area contributed by atoms with Gasteiger partial charge in [-0.05, 0) is 32.9 Å². The lowest BCUT2D eigenvalue weighted by molar-refractivity contribution is 0.0964. The summed E-state index contributed by atoms with van der Waals surface area (Å²) in [5.74, 6) is 1.29. The van der Waals surface area contributed by atoms with Crippen molar-refractivity contribution in [3.05, 3.63) is 41.4 Å². The molecule has 2 rings (SSSR count). The lowest BCUT2D eigenvalue weighted by Crippen LogP contribution is -2.36. The fraction of sp³-hybridized carbons (Fsp3) is 0.438. The van der Waals surface area contributed by atoms with Gasteiger partial charge in [-0.3, -0.25) is 4.90 Å². The predicted molar refractivity (Wildman–Crippen MR) is 84.2 cm³/mol. The summed E-state index contributed by atoms with van der Waals surface area (Å²) in [6, 6.07) is 7.83. The van der Waals surface area contributed by atoms with E-state index in [2.05, 4.69) is 23.7 Å². The Morgan fingerprint density at radius 1 is 1.29 bits per heavy atom. The summed E-state index contributed by atoms with van der Waals surface area (Å²) < 4.78 is 5.79. The molecule has 0 aliphatic rings. The second kappa shape index (κ2) is 7.07. The van der Waals surface area contributed by atoms with Crippen LogP contribution in [0.5, 0.6) is 0 Å². The van der Waals surface area contributed by atoms with Crippen molar-refractivity contribution in [1.82, 2.24) is 9.88 Å². The van der Waals surface area contributed by atoms with Crippen molar-refractivity contribution in [2.45, 2.75) is 39.5 Å². The Morgan fingerprint density at radius 3 is 2.62 bits per heavy atom. The molecule has 0 amide bonds. The maximum absolute atomic E-state index is 9.56. The standard InChI is InChI=1S/C16H21ClN2O2/c1-11(2)19(9-12(3)20)10-16-18-8-15(21-16)13-6-4-5-7-14(13)17/h4-8,11-12,20H,9-10H2,1-3H3. The van der Waals surface area contributed by atoms with Crippen LogP contribution in [0.1, 0.15) is 26.7 Å². The maximum Gasteiger partial charge on any atom is 0.209 e. The van der Waals surface area contributed by atoms with Crippen LogP contribution >= 0.6 is 11.6 Å². The number of aromatic nitrogens is 1. The second-order valence-corrected chi connectivity index (χ2v) is 5.88. The molecule has 1 unspecified atom stereocenters. The molecule has 1 aromatic carbocycles. The highest BCUT2D eigenvalue weighted by molar-refractivity contribution is 6.33. The van der Waals surface area contributed by atoms with Crippen molar-refractivity contribution >= 4 is 11.6 Å². The predicted octanol–water partition coefficient (Wildman–Crippen LogP) is 3.59. The SMILES string of the molecule is CC(O)CN(Cc1ncc(-c2ccccc2Cl)o1)C(C)C. The van der Waals surface area contributed by atoms with Gasteiger partial charge in [0.25, 0.3) is 0 Å². The molecular weight excluding hydrogens is 288 g/mol. The first-order valence-corrected chi connectivity index (χ1v) is 7.47. The van der Waals surface area contributed by atoms with Crippen molar-refractivity contribution < 1.29 is 9.52 Å². The molecule has 4 nitrogen and oxygen atoms in total. The van der Waals surface area contributed by atoms with E-state index >= 15 is 0 Å². The highest BCUT2D eigenvalue weighted by atomic mass is 35.5. The average Bonchev–Trinajstić information content (AvgIpc) is 2.86. The summed E-state index contributed by atoms with van der Waals surface area (Å²) in [6.07, 6.45) is 1.31. The summed E-state index contributed by atoms with van der Waals surface area (Å²) in [7, 11) is 0. The molecule has 1 atom stereocenters. The van der Waals surface area contributed by atoms with Crippen LogP contribution in [0.25, 0.3) is 11.3 Å². The van der Waals surface area contributed by atoms with Gasteiger partial charge >= 0.3 is 0 Å². The molecule has 0 saturated carbocycles. The topological polar surface area (TPSA) is 49.5 Å². The van der Waals surface area contributed by atoms with Crippen molar-refractivity contribution in [2.24, 2.45) is 0 Å². The zero-order valence-corrected chi connectivity index (χ0v) is 13.3. The first-order valence-electron chi connectivity index (χ1n) is 7.09. The molecule has 0 bridgehead atoms. The molecule has 0 aliphatic heterocycles. The highest BCUT2D eigenvalue weighted by Crippen LogP contribution is 2.28. The Morgan fingerprint density at radius 2 is 2.00 bits per heavy atom. The first kappa shape index (κ1) is 16.0. The highest BCUT2D eigenvalue weighted by Gasteiger charge is 2.16. The van der Waals surface area contributed by atoms with Gasteiger partial charge in [0.15, 0.2) is 5.76 Å². The fourth-order valence-corrected chi connectivity index (χ4v) is 2.37. The number of halogens is 1. The lowest BCUT2D eigenvalue weighted by atomic mass is 10.2. The average molecular weight is 309 g/mol. The third-order valence-electron chi connectivity index (χ3n) is 3.26. The second-order valence-electron chi connectivity index (χ2n) is 5.47. The van der Waals surface area contributed by atoms with E-state index in [9.17, 15) is 5.11 Å². The van der Waals surface area contributed by atoms with E-state index in [0.29, 0.717) is 35.8 Å². The van der Waals surface area contributed by atoms with E-state index in [0.717, 1.165) is 5.56 Å². The number of aliphatic hydroxyl groups is 1. The number of hydrogen-bond donors (Lipinski definition) is 1. The number of oxazole rings is 1. The van der Waals surface area contributed by atoms with Crippen LogP contribution in [-0.2, 0) is 6.54 Å². The third-order valence-corrected chi connectivity index (χ3v) is 3.59. The summed E-state index contributed by atoms with van der Waals surface area (Å²) in [5, 5.41) is 10.2. The van der Waals surface area contributed by atoms with Gasteiger partial charge in [0.1, 0.15) is 0 Å². The summed E-state index contributed by atoms with van der Waals surface area (Å²) in [5.41, 5.74) is 0.838. The molecule has 2 aromatic rings. The number of hydrogen-bond acceptors (Lipinski definition) is 4. The van der Waals surface area contributed by atoms with Crippen LogP contribution in [-0.4, -0.2) is 33.7 Å². The quantitative estimate of drug-likeness (QED) is 0.886. The summed E-state index contributed by atoms with van der Waals surface area (Å²) in [6.45, 7) is 7.09. The van der Waals surface area contributed by atoms with Gasteiger partial charge in [0.05, 0.1) is 23.9 Å². The molecule has 0 fully saturated rings. The Labute approximate surface area is 130 Å². The largest absolute Gasteiger partial charge is 0.439 e. The van der Waals surface area contributed by atoms with Crippen molar-refractivity contribution in [2.75, 3.05) is 6.54 Å². The minimum absolute atomic E-state index is 0.301. The van der Waals surface area contributed by atoms with E-state index in [1.165, 1.54) is 0 Å². The van der Waals surface area contributed by atoms with Gasteiger partial charge in [0, 0.05) is 18.2 Å². The van der Waals surface area contributed by atoms with E-state index in [4.69, 9.17) is 16.0 Å². The maximum atomic E-state index is 9.56. The Balaban J connectivity index is 2.14. The molecule has 0 spiro atoms. The van der Waals surface area contributed by atoms with Crippen LogP contribution in [0, 0.1) is 0 Å². The fourth-order valence-electron chi connectivity index (χ4n) is 2.14. The summed E-state index contributed by atoms with van der Waals surface area (Å²) in [4.78, 5) is 6.43. The monoisotopic (exact) mass is 308 g/mol. The van der Waals surface area contributed by atoms with E-state index in [1.54, 1.807) is 13.1 Å². The van der Waals surface area contributed by atoms with Gasteiger partial charge in [-0.25, -0.2) is 4.98 Å². The third kappa shape index (κ3) is 4.30. The van der Waals surface area contributed by atoms with Gasteiger partial charge in [-0.15, -0.1) is 0 Å². The molecule has 0 radical (unpaired) electrons. The number of benzene rings is 1. The van der Waals surface area contributed by atoms with Crippen LogP contribution in [0.3, 0.4) is 0 Å². The van der Waals surface area contributed by atoms with Gasteiger partial charge < -0.3 is 9.52 Å². The molecule has 0 aliphatic carbocycles. The zero-order valence-electron chi connectivity index (χ0n) is 12.6. The normalized spacial score (nSPS) is 13.1.